The van der Waals surface area contributed by atoms with Crippen LogP contribution in [0.4, 0.5) is 0 Å². The summed E-state index contributed by atoms with van der Waals surface area (Å²) in [6.07, 6.45) is 5.25. The maximum Gasteiger partial charge on any atom is 0.0558 e. The third-order valence-corrected chi connectivity index (χ3v) is 3.90. The number of nitrogens with zero attached hydrogens (tertiary/aromatic N) is 1. The third-order valence-electron chi connectivity index (χ3n) is 3.90. The summed E-state index contributed by atoms with van der Waals surface area (Å²) in [6.45, 7) is 10.0. The van der Waals surface area contributed by atoms with Crippen molar-refractivity contribution in [3.8, 4) is 0 Å². The lowest BCUT2D eigenvalue weighted by molar-refractivity contribution is 0.138. The Morgan fingerprint density at radius 2 is 2.12 bits per heavy atom. The minimum atomic E-state index is 0.276. The zero-order valence-electron chi connectivity index (χ0n) is 11.8. The van der Waals surface area contributed by atoms with Crippen LogP contribution in [0.2, 0.25) is 0 Å². The fraction of sp³-hybridized carbons (Fsp3) is 1.00. The zero-order chi connectivity index (χ0) is 12.7. The van der Waals surface area contributed by atoms with Gasteiger partial charge in [0.2, 0.25) is 0 Å². The summed E-state index contributed by atoms with van der Waals surface area (Å²) < 4.78 is 0. The van der Waals surface area contributed by atoms with Gasteiger partial charge in [0.25, 0.3) is 0 Å². The van der Waals surface area contributed by atoms with Crippen molar-refractivity contribution in [2.45, 2.75) is 58.5 Å². The molecule has 0 heterocycles. The zero-order valence-corrected chi connectivity index (χ0v) is 11.8. The quantitative estimate of drug-likeness (QED) is 0.682. The molecular weight excluding hydrogens is 212 g/mol. The van der Waals surface area contributed by atoms with E-state index >= 15 is 0 Å². The molecule has 2 atom stereocenters. The van der Waals surface area contributed by atoms with Crippen molar-refractivity contribution in [2.24, 2.45) is 5.92 Å². The molecule has 17 heavy (non-hydrogen) atoms. The van der Waals surface area contributed by atoms with Crippen LogP contribution in [0.15, 0.2) is 0 Å². The molecule has 1 saturated carbocycles. The summed E-state index contributed by atoms with van der Waals surface area (Å²) in [5.74, 6) is 0.774. The lowest BCUT2D eigenvalue weighted by atomic mass is 10.0. The van der Waals surface area contributed by atoms with Crippen molar-refractivity contribution in [3.05, 3.63) is 0 Å². The fourth-order valence-electron chi connectivity index (χ4n) is 2.84. The van der Waals surface area contributed by atoms with Crippen LogP contribution >= 0.6 is 0 Å². The van der Waals surface area contributed by atoms with E-state index in [2.05, 4.69) is 31.0 Å². The summed E-state index contributed by atoms with van der Waals surface area (Å²) in [7, 11) is 0. The van der Waals surface area contributed by atoms with Crippen LogP contribution < -0.4 is 5.32 Å². The topological polar surface area (TPSA) is 35.5 Å². The van der Waals surface area contributed by atoms with Crippen LogP contribution in [0.3, 0.4) is 0 Å². The highest BCUT2D eigenvalue weighted by atomic mass is 16.3. The van der Waals surface area contributed by atoms with Gasteiger partial charge in [-0.05, 0) is 45.6 Å². The Morgan fingerprint density at radius 3 is 2.71 bits per heavy atom. The lowest BCUT2D eigenvalue weighted by Gasteiger charge is -2.31. The average molecular weight is 242 g/mol. The Hall–Kier alpha value is -0.120. The Bertz CT molecular complexity index is 197. The van der Waals surface area contributed by atoms with Gasteiger partial charge in [-0.25, -0.2) is 0 Å². The van der Waals surface area contributed by atoms with Gasteiger partial charge in [0.1, 0.15) is 0 Å². The molecule has 0 bridgehead atoms. The van der Waals surface area contributed by atoms with E-state index in [1.165, 1.54) is 25.7 Å². The SMILES string of the molecule is CCCNC1CCCC1CN(CCO)C(C)C. The van der Waals surface area contributed by atoms with E-state index in [0.717, 1.165) is 25.6 Å². The maximum atomic E-state index is 9.11. The van der Waals surface area contributed by atoms with Gasteiger partial charge in [-0.15, -0.1) is 0 Å². The predicted octanol–water partition coefficient (Wildman–Crippen LogP) is 1.86. The molecule has 0 aromatic rings. The first-order valence-electron chi connectivity index (χ1n) is 7.27. The van der Waals surface area contributed by atoms with Crippen molar-refractivity contribution in [2.75, 3.05) is 26.2 Å². The van der Waals surface area contributed by atoms with E-state index in [1.807, 2.05) is 0 Å². The standard InChI is InChI=1S/C14H30N2O/c1-4-8-15-14-7-5-6-13(14)11-16(9-10-17)12(2)3/h12-15,17H,4-11H2,1-3H3. The van der Waals surface area contributed by atoms with Gasteiger partial charge in [-0.3, -0.25) is 4.90 Å². The number of hydrogen-bond acceptors (Lipinski definition) is 3. The largest absolute Gasteiger partial charge is 0.395 e. The van der Waals surface area contributed by atoms with Crippen molar-refractivity contribution < 1.29 is 5.11 Å². The van der Waals surface area contributed by atoms with E-state index in [9.17, 15) is 0 Å². The average Bonchev–Trinajstić information content (AvgIpc) is 2.73. The number of aliphatic hydroxyl groups excluding tert-OH is 1. The van der Waals surface area contributed by atoms with Crippen LogP contribution in [0, 0.1) is 5.92 Å². The molecule has 0 radical (unpaired) electrons. The Labute approximate surface area is 107 Å². The molecule has 0 aliphatic heterocycles. The Kier molecular flexibility index (Phi) is 7.09. The second kappa shape index (κ2) is 8.06. The van der Waals surface area contributed by atoms with E-state index in [0.29, 0.717) is 12.1 Å². The van der Waals surface area contributed by atoms with Gasteiger partial charge >= 0.3 is 0 Å². The second-order valence-corrected chi connectivity index (χ2v) is 5.56. The van der Waals surface area contributed by atoms with Crippen LogP contribution in [-0.4, -0.2) is 48.3 Å². The van der Waals surface area contributed by atoms with Crippen molar-refractivity contribution in [1.29, 1.82) is 0 Å². The van der Waals surface area contributed by atoms with E-state index in [1.54, 1.807) is 0 Å². The molecule has 0 saturated heterocycles. The van der Waals surface area contributed by atoms with Gasteiger partial charge in [-0.1, -0.05) is 13.3 Å². The highest BCUT2D eigenvalue weighted by Crippen LogP contribution is 2.27. The van der Waals surface area contributed by atoms with Crippen molar-refractivity contribution in [3.63, 3.8) is 0 Å². The van der Waals surface area contributed by atoms with Crippen LogP contribution in [-0.2, 0) is 0 Å². The van der Waals surface area contributed by atoms with Gasteiger partial charge in [-0.2, -0.15) is 0 Å². The number of nitrogens with one attached hydrogen (secondary N) is 1. The summed E-state index contributed by atoms with van der Waals surface area (Å²) in [5.41, 5.74) is 0. The molecule has 0 aromatic carbocycles. The molecule has 1 rings (SSSR count). The molecular formula is C14H30N2O. The molecule has 0 aromatic heterocycles. The highest BCUT2D eigenvalue weighted by Gasteiger charge is 2.28. The minimum absolute atomic E-state index is 0.276. The van der Waals surface area contributed by atoms with Gasteiger partial charge in [0.15, 0.2) is 0 Å². The third kappa shape index (κ3) is 4.94. The Balaban J connectivity index is 2.41. The van der Waals surface area contributed by atoms with E-state index in [-0.39, 0.29) is 6.61 Å². The molecule has 3 heteroatoms. The van der Waals surface area contributed by atoms with Crippen molar-refractivity contribution >= 4 is 0 Å². The maximum absolute atomic E-state index is 9.11. The molecule has 1 aliphatic carbocycles. The molecule has 0 spiro atoms. The van der Waals surface area contributed by atoms with E-state index in [4.69, 9.17) is 5.11 Å². The summed E-state index contributed by atoms with van der Waals surface area (Å²) in [6, 6.07) is 1.24. The van der Waals surface area contributed by atoms with Crippen LogP contribution in [0.5, 0.6) is 0 Å². The molecule has 1 fully saturated rings. The van der Waals surface area contributed by atoms with Crippen LogP contribution in [0.1, 0.15) is 46.5 Å². The monoisotopic (exact) mass is 242 g/mol. The predicted molar refractivity (Wildman–Crippen MR) is 73.2 cm³/mol. The number of rotatable bonds is 8. The second-order valence-electron chi connectivity index (χ2n) is 5.56. The normalized spacial score (nSPS) is 25.1. The first-order valence-corrected chi connectivity index (χ1v) is 7.27. The first kappa shape index (κ1) is 14.9. The Morgan fingerprint density at radius 1 is 1.35 bits per heavy atom. The van der Waals surface area contributed by atoms with Crippen molar-refractivity contribution in [1.82, 2.24) is 10.2 Å². The minimum Gasteiger partial charge on any atom is -0.395 e. The highest BCUT2D eigenvalue weighted by molar-refractivity contribution is 4.85. The fourth-order valence-corrected chi connectivity index (χ4v) is 2.84. The summed E-state index contributed by atoms with van der Waals surface area (Å²) in [5, 5.41) is 12.8. The first-order chi connectivity index (χ1) is 8.19. The number of hydrogen-bond donors (Lipinski definition) is 2. The smallest absolute Gasteiger partial charge is 0.0558 e. The van der Waals surface area contributed by atoms with Gasteiger partial charge in [0.05, 0.1) is 6.61 Å². The summed E-state index contributed by atoms with van der Waals surface area (Å²) >= 11 is 0. The number of aliphatic hydroxyl groups is 1. The molecule has 1 aliphatic rings. The lowest BCUT2D eigenvalue weighted by Crippen LogP contribution is -2.43. The van der Waals surface area contributed by atoms with Crippen LogP contribution in [0.25, 0.3) is 0 Å². The molecule has 2 N–H and O–H groups in total. The molecule has 102 valence electrons. The molecule has 3 nitrogen and oxygen atoms in total. The summed E-state index contributed by atoms with van der Waals surface area (Å²) in [4.78, 5) is 2.41. The molecule has 2 unspecified atom stereocenters. The van der Waals surface area contributed by atoms with Gasteiger partial charge in [0, 0.05) is 25.2 Å². The van der Waals surface area contributed by atoms with E-state index < -0.39 is 0 Å². The molecule has 0 amide bonds. The van der Waals surface area contributed by atoms with Gasteiger partial charge < -0.3 is 10.4 Å².